The van der Waals surface area contributed by atoms with E-state index in [9.17, 15) is 14.4 Å². The molecule has 0 saturated carbocycles. The Hall–Kier alpha value is -3.25. The predicted octanol–water partition coefficient (Wildman–Crippen LogP) is 4.83. The Kier molecular flexibility index (Phi) is 5.26. The van der Waals surface area contributed by atoms with Crippen molar-refractivity contribution in [3.05, 3.63) is 99.0 Å². The molecule has 1 aliphatic rings. The first-order valence-corrected chi connectivity index (χ1v) is 10.2. The monoisotopic (exact) mass is 462 g/mol. The lowest BCUT2D eigenvalue weighted by Gasteiger charge is -2.20. The van der Waals surface area contributed by atoms with E-state index in [1.165, 1.54) is 11.0 Å². The zero-order chi connectivity index (χ0) is 21.4. The number of aryl methyl sites for hydroxylation is 1. The molecule has 4 rings (SSSR count). The fourth-order valence-corrected chi connectivity index (χ4v) is 4.11. The Bertz CT molecular complexity index is 1170. The molecule has 0 bridgehead atoms. The van der Waals surface area contributed by atoms with Crippen LogP contribution in [0.2, 0.25) is 0 Å². The number of benzene rings is 3. The van der Waals surface area contributed by atoms with Gasteiger partial charge in [-0.1, -0.05) is 46.3 Å². The minimum Gasteiger partial charge on any atom is -0.311 e. The van der Waals surface area contributed by atoms with Gasteiger partial charge in [0.2, 0.25) is 0 Å². The molecule has 0 radical (unpaired) electrons. The molecular formula is C24H19BrN2O3. The highest BCUT2D eigenvalue weighted by Crippen LogP contribution is 2.28. The van der Waals surface area contributed by atoms with E-state index in [1.54, 1.807) is 24.1 Å². The standard InChI is InChI=1S/C24H19BrN2O3/c1-15-12-18(25)9-11-21(15)26(2)22(28)17-8-10-19-20(13-17)24(30)27(23(19)29)14-16-6-4-3-5-7-16/h3-13H,14H2,1-2H3. The summed E-state index contributed by atoms with van der Waals surface area (Å²) in [5, 5.41) is 0. The fraction of sp³-hybridized carbons (Fsp3) is 0.125. The largest absolute Gasteiger partial charge is 0.311 e. The molecule has 0 atom stereocenters. The number of halogens is 1. The van der Waals surface area contributed by atoms with Crippen LogP contribution in [0.25, 0.3) is 0 Å². The number of nitrogens with zero attached hydrogens (tertiary/aromatic N) is 2. The van der Waals surface area contributed by atoms with Gasteiger partial charge in [0, 0.05) is 22.8 Å². The zero-order valence-corrected chi connectivity index (χ0v) is 18.1. The van der Waals surface area contributed by atoms with Crippen LogP contribution in [-0.4, -0.2) is 29.7 Å². The molecule has 150 valence electrons. The van der Waals surface area contributed by atoms with Gasteiger partial charge in [-0.2, -0.15) is 0 Å². The molecule has 1 aliphatic heterocycles. The maximum absolute atomic E-state index is 13.0. The Labute approximate surface area is 183 Å². The highest BCUT2D eigenvalue weighted by atomic mass is 79.9. The third kappa shape index (κ3) is 3.55. The van der Waals surface area contributed by atoms with Crippen LogP contribution in [0.4, 0.5) is 5.69 Å². The maximum atomic E-state index is 13.0. The molecule has 6 heteroatoms. The summed E-state index contributed by atoms with van der Waals surface area (Å²) in [6, 6.07) is 19.7. The Morgan fingerprint density at radius 3 is 2.33 bits per heavy atom. The Morgan fingerprint density at radius 1 is 0.933 bits per heavy atom. The normalized spacial score (nSPS) is 12.8. The van der Waals surface area contributed by atoms with Crippen molar-refractivity contribution in [3.8, 4) is 0 Å². The van der Waals surface area contributed by atoms with Gasteiger partial charge in [0.05, 0.1) is 17.7 Å². The van der Waals surface area contributed by atoms with Crippen molar-refractivity contribution >= 4 is 39.3 Å². The Morgan fingerprint density at radius 2 is 1.63 bits per heavy atom. The molecule has 1 heterocycles. The second-order valence-corrected chi connectivity index (χ2v) is 8.15. The number of fused-ring (bicyclic) bond motifs is 1. The zero-order valence-electron chi connectivity index (χ0n) is 16.6. The minimum absolute atomic E-state index is 0.203. The number of carbonyl (C=O) groups excluding carboxylic acids is 3. The van der Waals surface area contributed by atoms with E-state index in [0.29, 0.717) is 11.1 Å². The lowest BCUT2D eigenvalue weighted by molar-refractivity contribution is 0.0642. The lowest BCUT2D eigenvalue weighted by Crippen LogP contribution is -2.29. The van der Waals surface area contributed by atoms with Crippen molar-refractivity contribution in [1.82, 2.24) is 4.90 Å². The molecule has 0 spiro atoms. The first-order valence-electron chi connectivity index (χ1n) is 9.45. The van der Waals surface area contributed by atoms with Gasteiger partial charge in [-0.05, 0) is 54.4 Å². The van der Waals surface area contributed by atoms with Crippen molar-refractivity contribution in [3.63, 3.8) is 0 Å². The average Bonchev–Trinajstić information content (AvgIpc) is 2.98. The van der Waals surface area contributed by atoms with E-state index in [4.69, 9.17) is 0 Å². The summed E-state index contributed by atoms with van der Waals surface area (Å²) in [5.41, 5.74) is 3.55. The summed E-state index contributed by atoms with van der Waals surface area (Å²) in [6.45, 7) is 2.13. The van der Waals surface area contributed by atoms with Crippen LogP contribution in [0.5, 0.6) is 0 Å². The van der Waals surface area contributed by atoms with Crippen molar-refractivity contribution in [2.45, 2.75) is 13.5 Å². The van der Waals surface area contributed by atoms with Gasteiger partial charge in [-0.15, -0.1) is 0 Å². The van der Waals surface area contributed by atoms with Crippen molar-refractivity contribution in [1.29, 1.82) is 0 Å². The summed E-state index contributed by atoms with van der Waals surface area (Å²) in [4.78, 5) is 41.4. The van der Waals surface area contributed by atoms with E-state index in [0.717, 1.165) is 21.3 Å². The van der Waals surface area contributed by atoms with Crippen LogP contribution in [0.3, 0.4) is 0 Å². The molecule has 0 unspecified atom stereocenters. The first-order chi connectivity index (χ1) is 14.4. The number of rotatable bonds is 4. The van der Waals surface area contributed by atoms with Crippen LogP contribution in [0.15, 0.2) is 71.2 Å². The molecule has 0 saturated heterocycles. The maximum Gasteiger partial charge on any atom is 0.261 e. The Balaban J connectivity index is 1.61. The summed E-state index contributed by atoms with van der Waals surface area (Å²) in [5.74, 6) is -0.962. The van der Waals surface area contributed by atoms with Gasteiger partial charge < -0.3 is 4.90 Å². The van der Waals surface area contributed by atoms with Gasteiger partial charge in [-0.3, -0.25) is 19.3 Å². The molecule has 0 fully saturated rings. The van der Waals surface area contributed by atoms with Crippen LogP contribution in [-0.2, 0) is 6.54 Å². The van der Waals surface area contributed by atoms with Crippen LogP contribution in [0.1, 0.15) is 42.2 Å². The molecule has 0 aromatic heterocycles. The van der Waals surface area contributed by atoms with Gasteiger partial charge >= 0.3 is 0 Å². The van der Waals surface area contributed by atoms with Crippen molar-refractivity contribution in [2.75, 3.05) is 11.9 Å². The van der Waals surface area contributed by atoms with Crippen LogP contribution >= 0.6 is 15.9 Å². The number of hydrogen-bond donors (Lipinski definition) is 0. The summed E-state index contributed by atoms with van der Waals surface area (Å²) >= 11 is 3.43. The van der Waals surface area contributed by atoms with Gasteiger partial charge in [0.15, 0.2) is 0 Å². The van der Waals surface area contributed by atoms with E-state index >= 15 is 0 Å². The fourth-order valence-electron chi connectivity index (χ4n) is 3.63. The van der Waals surface area contributed by atoms with E-state index in [2.05, 4.69) is 15.9 Å². The van der Waals surface area contributed by atoms with Crippen LogP contribution in [0, 0.1) is 6.92 Å². The molecule has 0 N–H and O–H groups in total. The summed E-state index contributed by atoms with van der Waals surface area (Å²) in [6.07, 6.45) is 0. The highest BCUT2D eigenvalue weighted by molar-refractivity contribution is 9.10. The van der Waals surface area contributed by atoms with Gasteiger partial charge in [-0.25, -0.2) is 0 Å². The minimum atomic E-state index is -0.379. The molecule has 0 aliphatic carbocycles. The van der Waals surface area contributed by atoms with E-state index in [-0.39, 0.29) is 29.8 Å². The number of carbonyl (C=O) groups is 3. The number of hydrogen-bond acceptors (Lipinski definition) is 3. The van der Waals surface area contributed by atoms with Crippen molar-refractivity contribution in [2.24, 2.45) is 0 Å². The van der Waals surface area contributed by atoms with Gasteiger partial charge in [0.1, 0.15) is 0 Å². The highest BCUT2D eigenvalue weighted by Gasteiger charge is 2.36. The first kappa shape index (κ1) is 20.0. The molecule has 30 heavy (non-hydrogen) atoms. The third-order valence-electron chi connectivity index (χ3n) is 5.23. The number of amides is 3. The molecule has 5 nitrogen and oxygen atoms in total. The van der Waals surface area contributed by atoms with Crippen LogP contribution < -0.4 is 4.90 Å². The molecule has 3 amide bonds. The summed E-state index contributed by atoms with van der Waals surface area (Å²) in [7, 11) is 1.69. The summed E-state index contributed by atoms with van der Waals surface area (Å²) < 4.78 is 0.935. The number of anilines is 1. The topological polar surface area (TPSA) is 57.7 Å². The average molecular weight is 463 g/mol. The molecule has 3 aromatic rings. The smallest absolute Gasteiger partial charge is 0.261 e. The lowest BCUT2D eigenvalue weighted by atomic mass is 10.0. The SMILES string of the molecule is Cc1cc(Br)ccc1N(C)C(=O)c1ccc2c(c1)C(=O)N(Cc1ccccc1)C2=O. The van der Waals surface area contributed by atoms with Crippen molar-refractivity contribution < 1.29 is 14.4 Å². The second kappa shape index (κ2) is 7.88. The third-order valence-corrected chi connectivity index (χ3v) is 5.72. The van der Waals surface area contributed by atoms with E-state index in [1.807, 2.05) is 55.5 Å². The van der Waals surface area contributed by atoms with E-state index < -0.39 is 0 Å². The molecular weight excluding hydrogens is 444 g/mol. The second-order valence-electron chi connectivity index (χ2n) is 7.24. The molecule has 3 aromatic carbocycles. The quantitative estimate of drug-likeness (QED) is 0.521. The van der Waals surface area contributed by atoms with Gasteiger partial charge in [0.25, 0.3) is 17.7 Å². The predicted molar refractivity (Wildman–Crippen MR) is 119 cm³/mol. The number of imide groups is 1.